The average Bonchev–Trinajstić information content (AvgIpc) is 3.42. The van der Waals surface area contributed by atoms with E-state index >= 15 is 4.79 Å². The summed E-state index contributed by atoms with van der Waals surface area (Å²) in [5.74, 6) is -2.04. The van der Waals surface area contributed by atoms with Gasteiger partial charge in [-0.3, -0.25) is 19.3 Å². The number of rotatable bonds is 10. The van der Waals surface area contributed by atoms with Crippen molar-refractivity contribution < 1.29 is 33.7 Å². The molecule has 3 saturated heterocycles. The molecule has 0 aliphatic carbocycles. The number of morpholine rings is 1. The maximum absolute atomic E-state index is 15.1. The molecule has 2 aromatic carbocycles. The lowest BCUT2D eigenvalue weighted by molar-refractivity contribution is -0.155. The molecule has 1 spiro atoms. The lowest BCUT2D eigenvalue weighted by atomic mass is 9.73. The average molecular weight is 671 g/mol. The molecule has 260 valence electrons. The van der Waals surface area contributed by atoms with Gasteiger partial charge in [0.1, 0.15) is 17.4 Å². The normalized spacial score (nSPS) is 30.6. The number of aliphatic hydroxyl groups is 1. The van der Waals surface area contributed by atoms with E-state index in [9.17, 15) is 14.7 Å². The smallest absolute Gasteiger partial charge is 0.249 e. The van der Waals surface area contributed by atoms with Gasteiger partial charge in [-0.2, -0.15) is 0 Å². The molecule has 6 atom stereocenters. The molecule has 49 heavy (non-hydrogen) atoms. The van der Waals surface area contributed by atoms with Gasteiger partial charge < -0.3 is 34.0 Å². The van der Waals surface area contributed by atoms with E-state index in [1.807, 2.05) is 92.7 Å². The summed E-state index contributed by atoms with van der Waals surface area (Å²) >= 11 is 0. The fraction of sp³-hybridized carbons (Fsp3) is 0.500. The maximum atomic E-state index is 15.1. The molecule has 2 aromatic rings. The summed E-state index contributed by atoms with van der Waals surface area (Å²) in [5, 5.41) is 10.9. The Morgan fingerprint density at radius 3 is 2.31 bits per heavy atom. The van der Waals surface area contributed by atoms with Gasteiger partial charge in [-0.25, -0.2) is 0 Å². The molecule has 5 heterocycles. The summed E-state index contributed by atoms with van der Waals surface area (Å²) in [4.78, 5) is 52.2. The number of hydrogen-bond donors (Lipinski definition) is 1. The third kappa shape index (κ3) is 5.66. The Balaban J connectivity index is 1.31. The zero-order chi connectivity index (χ0) is 34.2. The van der Waals surface area contributed by atoms with Crippen molar-refractivity contribution in [1.29, 1.82) is 0 Å². The monoisotopic (exact) mass is 670 g/mol. The molecule has 5 aliphatic heterocycles. The molecule has 11 heteroatoms. The molecular weight excluding hydrogens is 624 g/mol. The van der Waals surface area contributed by atoms with Gasteiger partial charge in [0.15, 0.2) is 0 Å². The first kappa shape index (κ1) is 33.5. The Morgan fingerprint density at radius 2 is 1.61 bits per heavy atom. The number of likely N-dealkylation sites (tertiary alicyclic amines) is 1. The molecule has 7 rings (SSSR count). The largest absolute Gasteiger partial charge is 0.494 e. The first-order chi connectivity index (χ1) is 23.9. The van der Waals surface area contributed by atoms with E-state index in [1.165, 1.54) is 4.90 Å². The number of fused-ring (bicyclic) bond motifs is 2. The number of anilines is 1. The van der Waals surface area contributed by atoms with Crippen molar-refractivity contribution in [3.8, 4) is 5.75 Å². The fourth-order valence-corrected chi connectivity index (χ4v) is 8.52. The molecule has 0 radical (unpaired) electrons. The first-order valence-corrected chi connectivity index (χ1v) is 17.5. The lowest BCUT2D eigenvalue weighted by Crippen LogP contribution is -2.57. The number of ether oxygens (including phenoxy) is 3. The highest BCUT2D eigenvalue weighted by Gasteiger charge is 2.76. The number of hydrogen-bond acceptors (Lipinski definition) is 8. The highest BCUT2D eigenvalue weighted by atomic mass is 16.5. The third-order valence-electron chi connectivity index (χ3n) is 10.9. The van der Waals surface area contributed by atoms with Crippen LogP contribution in [-0.2, 0) is 23.9 Å². The van der Waals surface area contributed by atoms with Gasteiger partial charge in [-0.05, 0) is 43.2 Å². The van der Waals surface area contributed by atoms with Crippen molar-refractivity contribution in [1.82, 2.24) is 14.7 Å². The van der Waals surface area contributed by atoms with Gasteiger partial charge in [-0.15, -0.1) is 0 Å². The first-order valence-electron chi connectivity index (χ1n) is 17.5. The van der Waals surface area contributed by atoms with Crippen LogP contribution in [0.15, 0.2) is 78.9 Å². The highest BCUT2D eigenvalue weighted by molar-refractivity contribution is 6.04. The Bertz CT molecular complexity index is 1590. The minimum atomic E-state index is -1.42. The standard InChI is InChI=1S/C38H46N4O7/c1-3-37-16-8-19-41(28-12-14-29(15-13-28)48-4-2)34(44)31(37)32-35(45)42(30(26-43)27-10-6-5-7-11-27)33-36(46)40(18-9-17-38(32,33)49-37)21-20-39-22-24-47-25-23-39/h5-17,30-33,43H,3-4,18-26H2,1-2H3/t30-,31+,32+,33?,37-,38+/m1/s1. The number of carbonyl (C=O) groups is 3. The molecule has 1 unspecified atom stereocenters. The van der Waals surface area contributed by atoms with Crippen molar-refractivity contribution in [3.63, 3.8) is 0 Å². The number of nitrogens with zero attached hydrogens (tertiary/aromatic N) is 4. The van der Waals surface area contributed by atoms with Crippen LogP contribution in [-0.4, -0.2) is 120 Å². The van der Waals surface area contributed by atoms with E-state index in [1.54, 1.807) is 9.80 Å². The van der Waals surface area contributed by atoms with Crippen LogP contribution in [0.2, 0.25) is 0 Å². The van der Waals surface area contributed by atoms with Gasteiger partial charge in [0.25, 0.3) is 0 Å². The quantitative estimate of drug-likeness (QED) is 0.385. The van der Waals surface area contributed by atoms with Crippen LogP contribution in [0.4, 0.5) is 5.69 Å². The SMILES string of the molecule is CCOc1ccc(N2CC=C[C@@]3(CC)O[C@]45C=CCN(CCN6CCOCC6)C(=O)C4N([C@H](CO)c4ccccc4)C(=O)[C@@H]5[C@H]3C2=O)cc1. The van der Waals surface area contributed by atoms with E-state index in [4.69, 9.17) is 14.2 Å². The highest BCUT2D eigenvalue weighted by Crippen LogP contribution is 2.60. The van der Waals surface area contributed by atoms with Gasteiger partial charge in [0, 0.05) is 45.0 Å². The number of amides is 3. The number of aliphatic hydroxyl groups excluding tert-OH is 1. The summed E-state index contributed by atoms with van der Waals surface area (Å²) in [5.41, 5.74) is -1.15. The van der Waals surface area contributed by atoms with Crippen molar-refractivity contribution in [2.45, 2.75) is 43.6 Å². The summed E-state index contributed by atoms with van der Waals surface area (Å²) < 4.78 is 18.3. The second-order valence-electron chi connectivity index (χ2n) is 13.4. The zero-order valence-electron chi connectivity index (χ0n) is 28.3. The van der Waals surface area contributed by atoms with Crippen molar-refractivity contribution >= 4 is 23.4 Å². The maximum Gasteiger partial charge on any atom is 0.249 e. The molecule has 1 N–H and O–H groups in total. The van der Waals surface area contributed by atoms with Crippen LogP contribution in [0, 0.1) is 11.8 Å². The van der Waals surface area contributed by atoms with E-state index in [0.29, 0.717) is 69.4 Å². The van der Waals surface area contributed by atoms with Crippen LogP contribution in [0.3, 0.4) is 0 Å². The fourth-order valence-electron chi connectivity index (χ4n) is 8.52. The van der Waals surface area contributed by atoms with Crippen LogP contribution in [0.1, 0.15) is 31.9 Å². The van der Waals surface area contributed by atoms with Gasteiger partial charge in [0.2, 0.25) is 17.7 Å². The van der Waals surface area contributed by atoms with Crippen LogP contribution < -0.4 is 9.64 Å². The van der Waals surface area contributed by atoms with Crippen molar-refractivity contribution in [3.05, 3.63) is 84.5 Å². The summed E-state index contributed by atoms with van der Waals surface area (Å²) in [7, 11) is 0. The van der Waals surface area contributed by atoms with Gasteiger partial charge >= 0.3 is 0 Å². The van der Waals surface area contributed by atoms with Crippen LogP contribution >= 0.6 is 0 Å². The summed E-state index contributed by atoms with van der Waals surface area (Å²) in [6.45, 7) is 8.70. The van der Waals surface area contributed by atoms with Crippen LogP contribution in [0.5, 0.6) is 5.75 Å². The van der Waals surface area contributed by atoms with E-state index in [-0.39, 0.29) is 17.7 Å². The summed E-state index contributed by atoms with van der Waals surface area (Å²) in [6, 6.07) is 14.8. The second-order valence-corrected chi connectivity index (χ2v) is 13.4. The Hall–Kier alpha value is -4.03. The topological polar surface area (TPSA) is 112 Å². The lowest BCUT2D eigenvalue weighted by Gasteiger charge is -2.41. The van der Waals surface area contributed by atoms with E-state index in [0.717, 1.165) is 13.1 Å². The zero-order valence-corrected chi connectivity index (χ0v) is 28.3. The molecule has 3 amide bonds. The van der Waals surface area contributed by atoms with Crippen LogP contribution in [0.25, 0.3) is 0 Å². The van der Waals surface area contributed by atoms with E-state index < -0.39 is 41.7 Å². The minimum absolute atomic E-state index is 0.235. The summed E-state index contributed by atoms with van der Waals surface area (Å²) in [6.07, 6.45) is 8.10. The predicted molar refractivity (Wildman–Crippen MR) is 183 cm³/mol. The van der Waals surface area contributed by atoms with Gasteiger partial charge in [-0.1, -0.05) is 61.6 Å². The molecule has 3 fully saturated rings. The molecular formula is C38H46N4O7. The molecule has 5 aliphatic rings. The Labute approximate surface area is 287 Å². The molecule has 0 aromatic heterocycles. The molecule has 11 nitrogen and oxygen atoms in total. The number of benzene rings is 2. The Kier molecular flexibility index (Phi) is 9.36. The van der Waals surface area contributed by atoms with Crippen molar-refractivity contribution in [2.75, 3.05) is 70.6 Å². The predicted octanol–water partition coefficient (Wildman–Crippen LogP) is 2.81. The minimum Gasteiger partial charge on any atom is -0.494 e. The second kappa shape index (κ2) is 13.7. The molecule has 0 bridgehead atoms. The molecule has 0 saturated carbocycles. The third-order valence-corrected chi connectivity index (χ3v) is 10.9. The van der Waals surface area contributed by atoms with E-state index in [2.05, 4.69) is 4.90 Å². The van der Waals surface area contributed by atoms with Crippen molar-refractivity contribution in [2.24, 2.45) is 11.8 Å². The van der Waals surface area contributed by atoms with Gasteiger partial charge in [0.05, 0.1) is 49.9 Å². The number of carbonyl (C=O) groups excluding carboxylic acids is 3. The Morgan fingerprint density at radius 1 is 0.878 bits per heavy atom.